The van der Waals surface area contributed by atoms with Crippen LogP contribution in [0, 0.1) is 0 Å². The van der Waals surface area contributed by atoms with Crippen LogP contribution in [0.2, 0.25) is 5.02 Å². The lowest BCUT2D eigenvalue weighted by Crippen LogP contribution is -2.19. The Bertz CT molecular complexity index is 378. The van der Waals surface area contributed by atoms with Crippen molar-refractivity contribution in [1.82, 2.24) is 0 Å². The van der Waals surface area contributed by atoms with Gasteiger partial charge in [-0.3, -0.25) is 0 Å². The fourth-order valence-electron chi connectivity index (χ4n) is 1.72. The van der Waals surface area contributed by atoms with Gasteiger partial charge < -0.3 is 24.7 Å². The molecule has 0 aromatic heterocycles. The average Bonchev–Trinajstić information content (AvgIpc) is 2.49. The monoisotopic (exact) mass is 317 g/mol. The van der Waals surface area contributed by atoms with Crippen molar-refractivity contribution < 1.29 is 18.9 Å². The van der Waals surface area contributed by atoms with Gasteiger partial charge in [0, 0.05) is 18.7 Å². The molecule has 0 heterocycles. The summed E-state index contributed by atoms with van der Waals surface area (Å²) in [6.45, 7) is 3.66. The van der Waals surface area contributed by atoms with E-state index in [0.717, 1.165) is 5.56 Å². The second-order valence-electron chi connectivity index (χ2n) is 4.37. The van der Waals surface area contributed by atoms with Gasteiger partial charge in [0.05, 0.1) is 45.7 Å². The quantitative estimate of drug-likeness (QED) is 0.598. The predicted octanol–water partition coefficient (Wildman–Crippen LogP) is 2.04. The molecule has 0 spiro atoms. The van der Waals surface area contributed by atoms with E-state index in [2.05, 4.69) is 0 Å². The number of hydrogen-bond donors (Lipinski definition) is 1. The fraction of sp³-hybridized carbons (Fsp3) is 0.600. The maximum absolute atomic E-state index is 5.96. The van der Waals surface area contributed by atoms with Crippen molar-refractivity contribution in [3.63, 3.8) is 0 Å². The smallest absolute Gasteiger partial charge is 0.0948 e. The molecule has 0 aliphatic heterocycles. The predicted molar refractivity (Wildman–Crippen MR) is 82.7 cm³/mol. The molecular weight excluding hydrogens is 294 g/mol. The summed E-state index contributed by atoms with van der Waals surface area (Å²) >= 11 is 5.96. The van der Waals surface area contributed by atoms with Gasteiger partial charge in [-0.1, -0.05) is 23.7 Å². The molecule has 1 aromatic carbocycles. The van der Waals surface area contributed by atoms with E-state index >= 15 is 0 Å². The van der Waals surface area contributed by atoms with E-state index < -0.39 is 0 Å². The molecule has 1 aromatic rings. The van der Waals surface area contributed by atoms with Crippen LogP contribution >= 0.6 is 11.6 Å². The van der Waals surface area contributed by atoms with Crippen LogP contribution in [-0.4, -0.2) is 53.3 Å². The van der Waals surface area contributed by atoms with Gasteiger partial charge >= 0.3 is 0 Å². The maximum atomic E-state index is 5.96. The largest absolute Gasteiger partial charge is 0.382 e. The van der Waals surface area contributed by atoms with Crippen molar-refractivity contribution in [3.05, 3.63) is 34.9 Å². The highest BCUT2D eigenvalue weighted by atomic mass is 35.5. The Morgan fingerprint density at radius 2 is 1.71 bits per heavy atom. The zero-order valence-corrected chi connectivity index (χ0v) is 13.2. The number of halogens is 1. The molecule has 0 amide bonds. The van der Waals surface area contributed by atoms with Crippen LogP contribution in [0.25, 0.3) is 0 Å². The Kier molecular flexibility index (Phi) is 10.4. The SMILES string of the molecule is COCCOCCOCCOC(CN)c1cccc(Cl)c1. The number of nitrogens with two attached hydrogens (primary N) is 1. The molecule has 0 fully saturated rings. The molecule has 5 nitrogen and oxygen atoms in total. The lowest BCUT2D eigenvalue weighted by molar-refractivity contribution is -0.0147. The molecule has 0 aliphatic carbocycles. The van der Waals surface area contributed by atoms with E-state index in [1.165, 1.54) is 0 Å². The van der Waals surface area contributed by atoms with Crippen LogP contribution < -0.4 is 5.73 Å². The molecule has 0 radical (unpaired) electrons. The normalized spacial score (nSPS) is 12.5. The number of benzene rings is 1. The van der Waals surface area contributed by atoms with Gasteiger partial charge in [0.2, 0.25) is 0 Å². The van der Waals surface area contributed by atoms with Crippen molar-refractivity contribution in [1.29, 1.82) is 0 Å². The summed E-state index contributed by atoms with van der Waals surface area (Å²) < 4.78 is 21.3. The summed E-state index contributed by atoms with van der Waals surface area (Å²) in [6, 6.07) is 7.53. The van der Waals surface area contributed by atoms with E-state index in [1.54, 1.807) is 7.11 Å². The average molecular weight is 318 g/mol. The fourth-order valence-corrected chi connectivity index (χ4v) is 1.92. The van der Waals surface area contributed by atoms with Crippen molar-refractivity contribution in [3.8, 4) is 0 Å². The standard InChI is InChI=1S/C15H24ClNO4/c1-18-5-6-19-7-8-20-9-10-21-15(12-17)13-3-2-4-14(16)11-13/h2-4,11,15H,5-10,12,17H2,1H3. The van der Waals surface area contributed by atoms with Crippen LogP contribution in [0.1, 0.15) is 11.7 Å². The van der Waals surface area contributed by atoms with Gasteiger partial charge in [-0.05, 0) is 17.7 Å². The molecule has 1 atom stereocenters. The van der Waals surface area contributed by atoms with Crippen LogP contribution in [0.3, 0.4) is 0 Å². The van der Waals surface area contributed by atoms with Crippen molar-refractivity contribution in [2.75, 3.05) is 53.3 Å². The van der Waals surface area contributed by atoms with Crippen molar-refractivity contribution >= 4 is 11.6 Å². The third-order valence-corrected chi connectivity index (χ3v) is 3.02. The van der Waals surface area contributed by atoms with Crippen molar-refractivity contribution in [2.45, 2.75) is 6.10 Å². The molecule has 1 rings (SSSR count). The summed E-state index contributed by atoms with van der Waals surface area (Å²) in [7, 11) is 1.64. The summed E-state index contributed by atoms with van der Waals surface area (Å²) in [5.41, 5.74) is 6.70. The minimum atomic E-state index is -0.162. The van der Waals surface area contributed by atoms with Crippen molar-refractivity contribution in [2.24, 2.45) is 5.73 Å². The number of rotatable bonds is 12. The third kappa shape index (κ3) is 8.36. The second-order valence-corrected chi connectivity index (χ2v) is 4.80. The summed E-state index contributed by atoms with van der Waals surface area (Å²) in [4.78, 5) is 0. The minimum Gasteiger partial charge on any atom is -0.382 e. The van der Waals surface area contributed by atoms with E-state index in [9.17, 15) is 0 Å². The van der Waals surface area contributed by atoms with Crippen LogP contribution in [0.4, 0.5) is 0 Å². The Morgan fingerprint density at radius 3 is 2.33 bits per heavy atom. The number of hydrogen-bond acceptors (Lipinski definition) is 5. The third-order valence-electron chi connectivity index (χ3n) is 2.79. The Balaban J connectivity index is 2.10. The Morgan fingerprint density at radius 1 is 1.05 bits per heavy atom. The summed E-state index contributed by atoms with van der Waals surface area (Å²) in [6.07, 6.45) is -0.162. The summed E-state index contributed by atoms with van der Waals surface area (Å²) in [5, 5.41) is 0.680. The van der Waals surface area contributed by atoms with Gasteiger partial charge in [0.25, 0.3) is 0 Å². The molecule has 2 N–H and O–H groups in total. The highest BCUT2D eigenvalue weighted by Crippen LogP contribution is 2.19. The molecule has 0 saturated carbocycles. The molecule has 0 saturated heterocycles. The first-order valence-corrected chi connectivity index (χ1v) is 7.37. The molecule has 1 unspecified atom stereocenters. The highest BCUT2D eigenvalue weighted by Gasteiger charge is 2.10. The molecule has 21 heavy (non-hydrogen) atoms. The first-order valence-electron chi connectivity index (χ1n) is 6.99. The Hall–Kier alpha value is -0.690. The zero-order chi connectivity index (χ0) is 15.3. The lowest BCUT2D eigenvalue weighted by Gasteiger charge is -2.16. The van der Waals surface area contributed by atoms with Gasteiger partial charge in [-0.2, -0.15) is 0 Å². The summed E-state index contributed by atoms with van der Waals surface area (Å²) in [5.74, 6) is 0. The molecule has 0 aliphatic rings. The topological polar surface area (TPSA) is 62.9 Å². The Labute approximate surface area is 131 Å². The van der Waals surface area contributed by atoms with Gasteiger partial charge in [0.1, 0.15) is 0 Å². The number of ether oxygens (including phenoxy) is 4. The van der Waals surface area contributed by atoms with E-state index in [-0.39, 0.29) is 6.10 Å². The number of methoxy groups -OCH3 is 1. The second kappa shape index (κ2) is 11.9. The molecule has 6 heteroatoms. The van der Waals surface area contributed by atoms with E-state index in [1.807, 2.05) is 24.3 Å². The minimum absolute atomic E-state index is 0.162. The first-order chi connectivity index (χ1) is 10.3. The highest BCUT2D eigenvalue weighted by molar-refractivity contribution is 6.30. The van der Waals surface area contributed by atoms with Gasteiger partial charge in [0.15, 0.2) is 0 Å². The van der Waals surface area contributed by atoms with Crippen LogP contribution in [0.5, 0.6) is 0 Å². The van der Waals surface area contributed by atoms with Gasteiger partial charge in [-0.15, -0.1) is 0 Å². The van der Waals surface area contributed by atoms with E-state index in [0.29, 0.717) is 51.2 Å². The maximum Gasteiger partial charge on any atom is 0.0948 e. The zero-order valence-electron chi connectivity index (χ0n) is 12.4. The first kappa shape index (κ1) is 18.4. The van der Waals surface area contributed by atoms with Crippen LogP contribution in [0.15, 0.2) is 24.3 Å². The van der Waals surface area contributed by atoms with Gasteiger partial charge in [-0.25, -0.2) is 0 Å². The van der Waals surface area contributed by atoms with Crippen LogP contribution in [-0.2, 0) is 18.9 Å². The molecule has 0 bridgehead atoms. The lowest BCUT2D eigenvalue weighted by atomic mass is 10.1. The van der Waals surface area contributed by atoms with E-state index in [4.69, 9.17) is 36.3 Å². The molecular formula is C15H24ClNO4. The molecule has 120 valence electrons.